The first-order valence-electron chi connectivity index (χ1n) is 10.8. The SMILES string of the molecule is Cc1ccc(C2=NN(C(=N)N)C(c3nc4ccccc4c(=O)n3-c3ccc(C)cc3)C2)cc1. The molecule has 7 nitrogen and oxygen atoms in total. The molecule has 0 radical (unpaired) electrons. The Morgan fingerprint density at radius 1 is 0.970 bits per heavy atom. The van der Waals surface area contributed by atoms with E-state index in [1.165, 1.54) is 5.01 Å². The van der Waals surface area contributed by atoms with Gasteiger partial charge in [0.25, 0.3) is 5.56 Å². The zero-order chi connectivity index (χ0) is 23.1. The summed E-state index contributed by atoms with van der Waals surface area (Å²) in [6.45, 7) is 4.03. The summed E-state index contributed by atoms with van der Waals surface area (Å²) >= 11 is 0. The van der Waals surface area contributed by atoms with Crippen molar-refractivity contribution in [3.8, 4) is 5.69 Å². The molecule has 0 aliphatic carbocycles. The molecule has 3 N–H and O–H groups in total. The monoisotopic (exact) mass is 436 g/mol. The lowest BCUT2D eigenvalue weighted by Crippen LogP contribution is -2.36. The van der Waals surface area contributed by atoms with Crippen LogP contribution in [0.25, 0.3) is 16.6 Å². The second-order valence-corrected chi connectivity index (χ2v) is 8.33. The zero-order valence-electron chi connectivity index (χ0n) is 18.5. The maximum Gasteiger partial charge on any atom is 0.266 e. The van der Waals surface area contributed by atoms with Crippen molar-refractivity contribution >= 4 is 22.6 Å². The Morgan fingerprint density at radius 2 is 1.61 bits per heavy atom. The van der Waals surface area contributed by atoms with E-state index in [1.54, 1.807) is 10.6 Å². The second kappa shape index (κ2) is 8.02. The van der Waals surface area contributed by atoms with E-state index in [0.29, 0.717) is 28.8 Å². The number of nitrogens with two attached hydrogens (primary N) is 1. The Hall–Kier alpha value is -4.26. The van der Waals surface area contributed by atoms with Crippen LogP contribution in [0.3, 0.4) is 0 Å². The van der Waals surface area contributed by atoms with Gasteiger partial charge in [-0.15, -0.1) is 0 Å². The first-order valence-corrected chi connectivity index (χ1v) is 10.8. The molecule has 0 bridgehead atoms. The van der Waals surface area contributed by atoms with Gasteiger partial charge in [0.15, 0.2) is 0 Å². The number of nitrogens with zero attached hydrogens (tertiary/aromatic N) is 4. The Morgan fingerprint density at radius 3 is 2.27 bits per heavy atom. The molecule has 3 aromatic carbocycles. The van der Waals surface area contributed by atoms with Crippen LogP contribution in [0.5, 0.6) is 0 Å². The topological polar surface area (TPSA) is 100 Å². The molecule has 0 spiro atoms. The molecule has 4 aromatic rings. The van der Waals surface area contributed by atoms with Crippen molar-refractivity contribution in [2.45, 2.75) is 26.3 Å². The molecule has 1 aromatic heterocycles. The molecule has 1 unspecified atom stereocenters. The van der Waals surface area contributed by atoms with E-state index in [9.17, 15) is 4.79 Å². The summed E-state index contributed by atoms with van der Waals surface area (Å²) in [4.78, 5) is 18.5. The van der Waals surface area contributed by atoms with Crippen molar-refractivity contribution in [2.24, 2.45) is 10.8 Å². The number of nitrogens with one attached hydrogen (secondary N) is 1. The van der Waals surface area contributed by atoms with Gasteiger partial charge < -0.3 is 5.73 Å². The van der Waals surface area contributed by atoms with Gasteiger partial charge in [0, 0.05) is 6.42 Å². The maximum atomic E-state index is 13.6. The van der Waals surface area contributed by atoms with Crippen molar-refractivity contribution in [3.05, 3.63) is 106 Å². The van der Waals surface area contributed by atoms with E-state index in [4.69, 9.17) is 16.1 Å². The van der Waals surface area contributed by atoms with Gasteiger partial charge in [-0.1, -0.05) is 59.7 Å². The van der Waals surface area contributed by atoms with E-state index in [-0.39, 0.29) is 11.5 Å². The lowest BCUT2D eigenvalue weighted by Gasteiger charge is -2.24. The van der Waals surface area contributed by atoms with Crippen LogP contribution in [0, 0.1) is 19.3 Å². The summed E-state index contributed by atoms with van der Waals surface area (Å²) in [7, 11) is 0. The van der Waals surface area contributed by atoms with Crippen LogP contribution in [0.2, 0.25) is 0 Å². The molecule has 7 heteroatoms. The Labute approximate surface area is 191 Å². The van der Waals surface area contributed by atoms with Crippen LogP contribution in [-0.2, 0) is 0 Å². The molecule has 1 atom stereocenters. The molecule has 1 aliphatic heterocycles. The minimum absolute atomic E-state index is 0.160. The lowest BCUT2D eigenvalue weighted by atomic mass is 10.0. The van der Waals surface area contributed by atoms with Gasteiger partial charge in [-0.25, -0.2) is 9.99 Å². The third-order valence-corrected chi connectivity index (χ3v) is 5.93. The normalized spacial score (nSPS) is 15.6. The van der Waals surface area contributed by atoms with Gasteiger partial charge in [-0.3, -0.25) is 14.8 Å². The summed E-state index contributed by atoms with van der Waals surface area (Å²) in [5.74, 6) is 0.309. The Bertz CT molecular complexity index is 1450. The van der Waals surface area contributed by atoms with Crippen molar-refractivity contribution in [1.29, 1.82) is 5.41 Å². The average Bonchev–Trinajstić information content (AvgIpc) is 3.26. The van der Waals surface area contributed by atoms with Crippen LogP contribution >= 0.6 is 0 Å². The number of fused-ring (bicyclic) bond motifs is 1. The van der Waals surface area contributed by atoms with Crippen LogP contribution in [0.15, 0.2) is 82.7 Å². The first kappa shape index (κ1) is 20.6. The number of rotatable bonds is 3. The van der Waals surface area contributed by atoms with E-state index < -0.39 is 6.04 Å². The standard InChI is InChI=1S/C26H24N6O/c1-16-7-11-18(12-8-16)22-15-23(32(30-22)26(27)28)24-29-21-6-4-3-5-20(21)25(33)31(24)19-13-9-17(2)10-14-19/h3-14,23H,15H2,1-2H3,(H3,27,28). The van der Waals surface area contributed by atoms with Gasteiger partial charge in [0.1, 0.15) is 11.9 Å². The Kier molecular flexibility index (Phi) is 5.01. The first-order chi connectivity index (χ1) is 15.9. The van der Waals surface area contributed by atoms with Gasteiger partial charge in [0.05, 0.1) is 22.3 Å². The van der Waals surface area contributed by atoms with E-state index >= 15 is 0 Å². The molecular weight excluding hydrogens is 412 g/mol. The molecule has 0 fully saturated rings. The zero-order valence-corrected chi connectivity index (χ0v) is 18.5. The third-order valence-electron chi connectivity index (χ3n) is 5.93. The number of para-hydroxylation sites is 1. The van der Waals surface area contributed by atoms with Crippen molar-refractivity contribution in [2.75, 3.05) is 0 Å². The minimum Gasteiger partial charge on any atom is -0.369 e. The van der Waals surface area contributed by atoms with Crippen molar-refractivity contribution in [1.82, 2.24) is 14.6 Å². The highest BCUT2D eigenvalue weighted by atomic mass is 16.1. The average molecular weight is 437 g/mol. The second-order valence-electron chi connectivity index (χ2n) is 8.33. The van der Waals surface area contributed by atoms with Crippen LogP contribution in [-0.4, -0.2) is 26.2 Å². The number of guanidine groups is 1. The predicted octanol–water partition coefficient (Wildman–Crippen LogP) is 4.05. The number of aryl methyl sites for hydroxylation is 2. The summed E-state index contributed by atoms with van der Waals surface area (Å²) in [6.07, 6.45) is 0.472. The van der Waals surface area contributed by atoms with Gasteiger partial charge in [-0.05, 0) is 43.7 Å². The van der Waals surface area contributed by atoms with Crippen LogP contribution in [0.1, 0.15) is 35.0 Å². The summed E-state index contributed by atoms with van der Waals surface area (Å²) in [5, 5.41) is 14.8. The third kappa shape index (κ3) is 3.67. The smallest absolute Gasteiger partial charge is 0.266 e. The fourth-order valence-corrected chi connectivity index (χ4v) is 4.17. The van der Waals surface area contributed by atoms with Gasteiger partial charge in [0.2, 0.25) is 5.96 Å². The molecule has 1 aliphatic rings. The Balaban J connectivity index is 1.70. The number of hydrazone groups is 1. The molecule has 2 heterocycles. The maximum absolute atomic E-state index is 13.6. The highest BCUT2D eigenvalue weighted by Gasteiger charge is 2.34. The fourth-order valence-electron chi connectivity index (χ4n) is 4.17. The molecule has 0 amide bonds. The molecule has 0 saturated carbocycles. The van der Waals surface area contributed by atoms with Crippen molar-refractivity contribution < 1.29 is 0 Å². The largest absolute Gasteiger partial charge is 0.369 e. The summed E-state index contributed by atoms with van der Waals surface area (Å²) < 4.78 is 1.62. The van der Waals surface area contributed by atoms with Crippen LogP contribution in [0.4, 0.5) is 0 Å². The number of aromatic nitrogens is 2. The van der Waals surface area contributed by atoms with E-state index in [0.717, 1.165) is 22.4 Å². The highest BCUT2D eigenvalue weighted by molar-refractivity contribution is 6.03. The predicted molar refractivity (Wildman–Crippen MR) is 131 cm³/mol. The highest BCUT2D eigenvalue weighted by Crippen LogP contribution is 2.32. The fraction of sp³-hybridized carbons (Fsp3) is 0.154. The number of hydrogen-bond acceptors (Lipinski definition) is 4. The molecule has 0 saturated heterocycles. The van der Waals surface area contributed by atoms with E-state index in [1.807, 2.05) is 80.6 Å². The molecular formula is C26H24N6O. The minimum atomic E-state index is -0.489. The molecule has 5 rings (SSSR count). The quantitative estimate of drug-likeness (QED) is 0.374. The summed E-state index contributed by atoms with van der Waals surface area (Å²) in [5.41, 5.74) is 11.1. The molecule has 164 valence electrons. The molecule has 33 heavy (non-hydrogen) atoms. The van der Waals surface area contributed by atoms with E-state index in [2.05, 4.69) is 5.10 Å². The van der Waals surface area contributed by atoms with Crippen molar-refractivity contribution in [3.63, 3.8) is 0 Å². The lowest BCUT2D eigenvalue weighted by molar-refractivity contribution is 0.344. The summed E-state index contributed by atoms with van der Waals surface area (Å²) in [6, 6.07) is 22.6. The van der Waals surface area contributed by atoms with Crippen LogP contribution < -0.4 is 11.3 Å². The van der Waals surface area contributed by atoms with Gasteiger partial charge >= 0.3 is 0 Å². The number of hydrogen-bond donors (Lipinski definition) is 2. The number of benzene rings is 3. The van der Waals surface area contributed by atoms with Gasteiger partial charge in [-0.2, -0.15) is 5.10 Å².